The lowest BCUT2D eigenvalue weighted by Gasteiger charge is -2.05. The standard InChI is InChI=1S/C10H20O4S/c1-10(11)9-14-6-5-12-3-4-13-7-8-15-2/h3-9H2,1-2H3. The Hall–Kier alpha value is -0.100. The number of hydrogen-bond donors (Lipinski definition) is 0. The summed E-state index contributed by atoms with van der Waals surface area (Å²) in [4.78, 5) is 10.5. The van der Waals surface area contributed by atoms with E-state index in [9.17, 15) is 4.79 Å². The first kappa shape index (κ1) is 14.9. The molecular weight excluding hydrogens is 216 g/mol. The monoisotopic (exact) mass is 236 g/mol. The number of thioether (sulfide) groups is 1. The lowest BCUT2D eigenvalue weighted by Crippen LogP contribution is -2.12. The van der Waals surface area contributed by atoms with E-state index in [0.29, 0.717) is 26.4 Å². The number of rotatable bonds is 11. The molecule has 0 saturated heterocycles. The molecule has 0 radical (unpaired) electrons. The molecule has 0 aromatic carbocycles. The van der Waals surface area contributed by atoms with Gasteiger partial charge in [0.15, 0.2) is 5.78 Å². The average molecular weight is 236 g/mol. The molecule has 90 valence electrons. The van der Waals surface area contributed by atoms with Crippen molar-refractivity contribution >= 4 is 17.5 Å². The highest BCUT2D eigenvalue weighted by Gasteiger charge is 1.93. The Balaban J connectivity index is 2.89. The van der Waals surface area contributed by atoms with Crippen molar-refractivity contribution in [2.75, 3.05) is 51.6 Å². The molecule has 0 spiro atoms. The second kappa shape index (κ2) is 12.0. The molecule has 0 aliphatic carbocycles. The summed E-state index contributed by atoms with van der Waals surface area (Å²) in [5.41, 5.74) is 0. The summed E-state index contributed by atoms with van der Waals surface area (Å²) in [6.07, 6.45) is 2.05. The van der Waals surface area contributed by atoms with Gasteiger partial charge < -0.3 is 14.2 Å². The minimum Gasteiger partial charge on any atom is -0.378 e. The van der Waals surface area contributed by atoms with E-state index in [-0.39, 0.29) is 12.4 Å². The molecule has 0 heterocycles. The van der Waals surface area contributed by atoms with Crippen molar-refractivity contribution in [1.82, 2.24) is 0 Å². The Morgan fingerprint density at radius 3 is 2.07 bits per heavy atom. The van der Waals surface area contributed by atoms with Crippen molar-refractivity contribution in [1.29, 1.82) is 0 Å². The normalized spacial score (nSPS) is 10.5. The topological polar surface area (TPSA) is 44.8 Å². The highest BCUT2D eigenvalue weighted by Crippen LogP contribution is 1.90. The summed E-state index contributed by atoms with van der Waals surface area (Å²) in [7, 11) is 0. The number of carbonyl (C=O) groups is 1. The average Bonchev–Trinajstić information content (AvgIpc) is 2.20. The predicted octanol–water partition coefficient (Wildman–Crippen LogP) is 0.988. The van der Waals surface area contributed by atoms with Gasteiger partial charge in [0.2, 0.25) is 0 Å². The molecule has 0 bridgehead atoms. The first-order valence-corrected chi connectivity index (χ1v) is 6.38. The molecule has 0 rings (SSSR count). The minimum atomic E-state index is 0.0374. The van der Waals surface area contributed by atoms with Gasteiger partial charge in [0.1, 0.15) is 6.61 Å². The third-order valence-corrected chi connectivity index (χ3v) is 2.06. The fraction of sp³-hybridized carbons (Fsp3) is 0.900. The van der Waals surface area contributed by atoms with E-state index < -0.39 is 0 Å². The molecule has 0 aromatic rings. The van der Waals surface area contributed by atoms with Crippen molar-refractivity contribution in [3.8, 4) is 0 Å². The van der Waals surface area contributed by atoms with E-state index in [1.165, 1.54) is 6.92 Å². The van der Waals surface area contributed by atoms with Gasteiger partial charge in [-0.3, -0.25) is 4.79 Å². The highest BCUT2D eigenvalue weighted by molar-refractivity contribution is 7.98. The van der Waals surface area contributed by atoms with E-state index in [1.54, 1.807) is 11.8 Å². The molecule has 5 heteroatoms. The molecular formula is C10H20O4S. The van der Waals surface area contributed by atoms with Gasteiger partial charge in [0.25, 0.3) is 0 Å². The Labute approximate surface area is 95.6 Å². The number of ether oxygens (including phenoxy) is 3. The molecule has 0 aromatic heterocycles. The molecule has 0 aliphatic rings. The Bertz CT molecular complexity index is 152. The van der Waals surface area contributed by atoms with Gasteiger partial charge >= 0.3 is 0 Å². The lowest BCUT2D eigenvalue weighted by molar-refractivity contribution is -0.122. The highest BCUT2D eigenvalue weighted by atomic mass is 32.2. The van der Waals surface area contributed by atoms with Gasteiger partial charge in [-0.25, -0.2) is 0 Å². The Morgan fingerprint density at radius 1 is 1.00 bits per heavy atom. The zero-order valence-electron chi connectivity index (χ0n) is 9.49. The van der Waals surface area contributed by atoms with Crippen LogP contribution in [0.15, 0.2) is 0 Å². The van der Waals surface area contributed by atoms with E-state index in [2.05, 4.69) is 0 Å². The zero-order chi connectivity index (χ0) is 11.4. The van der Waals surface area contributed by atoms with Crippen molar-refractivity contribution < 1.29 is 19.0 Å². The van der Waals surface area contributed by atoms with Gasteiger partial charge in [-0.05, 0) is 13.2 Å². The second-order valence-electron chi connectivity index (χ2n) is 2.97. The number of hydrogen-bond acceptors (Lipinski definition) is 5. The third kappa shape index (κ3) is 13.9. The van der Waals surface area contributed by atoms with Crippen LogP contribution >= 0.6 is 11.8 Å². The van der Waals surface area contributed by atoms with E-state index in [1.807, 2.05) is 6.26 Å². The van der Waals surface area contributed by atoms with Crippen LogP contribution in [0.2, 0.25) is 0 Å². The van der Waals surface area contributed by atoms with Crippen molar-refractivity contribution in [3.63, 3.8) is 0 Å². The van der Waals surface area contributed by atoms with Crippen LogP contribution in [-0.4, -0.2) is 57.4 Å². The van der Waals surface area contributed by atoms with Crippen LogP contribution in [0.5, 0.6) is 0 Å². The van der Waals surface area contributed by atoms with Crippen LogP contribution in [-0.2, 0) is 19.0 Å². The fourth-order valence-electron chi connectivity index (χ4n) is 0.798. The zero-order valence-corrected chi connectivity index (χ0v) is 10.3. The van der Waals surface area contributed by atoms with Gasteiger partial charge in [0, 0.05) is 5.75 Å². The molecule has 4 nitrogen and oxygen atoms in total. The van der Waals surface area contributed by atoms with Crippen molar-refractivity contribution in [2.24, 2.45) is 0 Å². The van der Waals surface area contributed by atoms with Crippen LogP contribution in [0.1, 0.15) is 6.92 Å². The van der Waals surface area contributed by atoms with Gasteiger partial charge in [-0.15, -0.1) is 0 Å². The van der Waals surface area contributed by atoms with Gasteiger partial charge in [0.05, 0.1) is 33.0 Å². The van der Waals surface area contributed by atoms with Crippen LogP contribution in [0, 0.1) is 0 Å². The summed E-state index contributed by atoms with van der Waals surface area (Å²) in [6.45, 7) is 4.62. The summed E-state index contributed by atoms with van der Waals surface area (Å²) >= 11 is 1.76. The maximum atomic E-state index is 10.5. The minimum absolute atomic E-state index is 0.0374. The molecule has 0 aliphatic heterocycles. The largest absolute Gasteiger partial charge is 0.378 e. The van der Waals surface area contributed by atoms with E-state index in [0.717, 1.165) is 12.4 Å². The predicted molar refractivity (Wildman–Crippen MR) is 61.5 cm³/mol. The Morgan fingerprint density at radius 2 is 1.53 bits per heavy atom. The quantitative estimate of drug-likeness (QED) is 0.501. The summed E-state index contributed by atoms with van der Waals surface area (Å²) in [6, 6.07) is 0. The van der Waals surface area contributed by atoms with Gasteiger partial charge in [-0.2, -0.15) is 11.8 Å². The number of carbonyl (C=O) groups excluding carboxylic acids is 1. The summed E-state index contributed by atoms with van der Waals surface area (Å²) in [5.74, 6) is 1.05. The SMILES string of the molecule is CSCCOCCOCCOCC(C)=O. The molecule has 0 amide bonds. The molecule has 0 N–H and O–H groups in total. The van der Waals surface area contributed by atoms with Crippen molar-refractivity contribution in [3.05, 3.63) is 0 Å². The second-order valence-corrected chi connectivity index (χ2v) is 3.96. The molecule has 0 saturated carbocycles. The molecule has 0 unspecified atom stereocenters. The fourth-order valence-corrected chi connectivity index (χ4v) is 1.08. The first-order chi connectivity index (χ1) is 7.27. The molecule has 0 fully saturated rings. The van der Waals surface area contributed by atoms with Crippen LogP contribution < -0.4 is 0 Å². The summed E-state index contributed by atoms with van der Waals surface area (Å²) in [5, 5.41) is 0. The summed E-state index contributed by atoms with van der Waals surface area (Å²) < 4.78 is 15.5. The maximum absolute atomic E-state index is 10.5. The van der Waals surface area contributed by atoms with E-state index >= 15 is 0 Å². The number of ketones is 1. The first-order valence-electron chi connectivity index (χ1n) is 4.99. The smallest absolute Gasteiger partial charge is 0.155 e. The van der Waals surface area contributed by atoms with Crippen molar-refractivity contribution in [2.45, 2.75) is 6.92 Å². The number of Topliss-reactive ketones (excluding diaryl/α,β-unsaturated/α-hetero) is 1. The molecule has 15 heavy (non-hydrogen) atoms. The van der Waals surface area contributed by atoms with E-state index in [4.69, 9.17) is 14.2 Å². The van der Waals surface area contributed by atoms with Crippen LogP contribution in [0.25, 0.3) is 0 Å². The van der Waals surface area contributed by atoms with Gasteiger partial charge in [-0.1, -0.05) is 0 Å². The van der Waals surface area contributed by atoms with Crippen LogP contribution in [0.3, 0.4) is 0 Å². The molecule has 0 atom stereocenters. The third-order valence-electron chi connectivity index (χ3n) is 1.48. The van der Waals surface area contributed by atoms with Crippen LogP contribution in [0.4, 0.5) is 0 Å². The Kier molecular flexibility index (Phi) is 11.9. The maximum Gasteiger partial charge on any atom is 0.155 e. The lowest BCUT2D eigenvalue weighted by atomic mass is 10.5.